The fraction of sp³-hybridized carbons (Fsp3) is 0.812. The van der Waals surface area contributed by atoms with Crippen molar-refractivity contribution in [1.29, 1.82) is 0 Å². The first-order valence-electron chi connectivity index (χ1n) is 7.31. The van der Waals surface area contributed by atoms with Crippen LogP contribution in [0.1, 0.15) is 66.2 Å². The third-order valence-electron chi connectivity index (χ3n) is 4.78. The maximum absolute atomic E-state index is 10.8. The summed E-state index contributed by atoms with van der Waals surface area (Å²) in [5.41, 5.74) is 0.584. The molecule has 0 saturated heterocycles. The molecule has 0 amide bonds. The van der Waals surface area contributed by atoms with Gasteiger partial charge in [-0.1, -0.05) is 32.4 Å². The van der Waals surface area contributed by atoms with Crippen LogP contribution in [0.15, 0.2) is 11.6 Å². The Labute approximate surface area is 116 Å². The summed E-state index contributed by atoms with van der Waals surface area (Å²) in [6.07, 6.45) is 6.36. The van der Waals surface area contributed by atoms with E-state index in [1.54, 1.807) is 0 Å². The van der Waals surface area contributed by atoms with E-state index in [0.29, 0.717) is 18.8 Å². The van der Waals surface area contributed by atoms with Gasteiger partial charge < -0.3 is 10.2 Å². The molecule has 2 atom stereocenters. The summed E-state index contributed by atoms with van der Waals surface area (Å²) in [6.45, 7) is 8.57. The number of rotatable bonds is 6. The van der Waals surface area contributed by atoms with E-state index in [1.165, 1.54) is 12.0 Å². The minimum atomic E-state index is -1.06. The van der Waals surface area contributed by atoms with Gasteiger partial charge in [0.1, 0.15) is 0 Å². The number of carbonyl (C=O) groups is 1. The molecule has 2 N–H and O–H groups in total. The van der Waals surface area contributed by atoms with Crippen LogP contribution in [0.3, 0.4) is 0 Å². The second kappa shape index (κ2) is 6.08. The summed E-state index contributed by atoms with van der Waals surface area (Å²) in [6, 6.07) is 0. The van der Waals surface area contributed by atoms with Crippen molar-refractivity contribution in [2.24, 2.45) is 11.3 Å². The third-order valence-corrected chi connectivity index (χ3v) is 4.78. The van der Waals surface area contributed by atoms with Gasteiger partial charge in [0.15, 0.2) is 0 Å². The van der Waals surface area contributed by atoms with E-state index in [4.69, 9.17) is 5.11 Å². The molecule has 0 spiro atoms. The average Bonchev–Trinajstić information content (AvgIpc) is 2.26. The van der Waals surface area contributed by atoms with Crippen molar-refractivity contribution in [3.8, 4) is 0 Å². The van der Waals surface area contributed by atoms with Gasteiger partial charge in [0.05, 0.1) is 12.0 Å². The normalized spacial score (nSPS) is 25.5. The lowest BCUT2D eigenvalue weighted by atomic mass is 9.66. The predicted molar refractivity (Wildman–Crippen MR) is 77.0 cm³/mol. The lowest BCUT2D eigenvalue weighted by Gasteiger charge is -2.40. The average molecular weight is 268 g/mol. The number of carboxylic acids is 1. The van der Waals surface area contributed by atoms with Gasteiger partial charge >= 0.3 is 5.97 Å². The van der Waals surface area contributed by atoms with Crippen LogP contribution < -0.4 is 0 Å². The van der Waals surface area contributed by atoms with E-state index in [-0.39, 0.29) is 11.8 Å². The maximum Gasteiger partial charge on any atom is 0.306 e. The van der Waals surface area contributed by atoms with Crippen LogP contribution in [0.2, 0.25) is 0 Å². The molecule has 0 bridgehead atoms. The van der Waals surface area contributed by atoms with Crippen LogP contribution in [0.4, 0.5) is 0 Å². The lowest BCUT2D eigenvalue weighted by Crippen LogP contribution is -2.34. The van der Waals surface area contributed by atoms with E-state index in [2.05, 4.69) is 26.8 Å². The Morgan fingerprint density at radius 3 is 2.63 bits per heavy atom. The van der Waals surface area contributed by atoms with Crippen molar-refractivity contribution in [3.63, 3.8) is 0 Å². The number of carboxylic acid groups (broad SMARTS) is 1. The second-order valence-corrected chi connectivity index (χ2v) is 6.72. The molecule has 1 aliphatic carbocycles. The zero-order valence-corrected chi connectivity index (χ0v) is 12.7. The number of aliphatic hydroxyl groups is 1. The smallest absolute Gasteiger partial charge is 0.306 e. The van der Waals surface area contributed by atoms with Crippen LogP contribution in [-0.2, 0) is 4.79 Å². The van der Waals surface area contributed by atoms with Gasteiger partial charge in [0, 0.05) is 0 Å². The Hall–Kier alpha value is -0.830. The molecule has 110 valence electrons. The monoisotopic (exact) mass is 268 g/mol. The molecular formula is C16H28O3. The van der Waals surface area contributed by atoms with E-state index < -0.39 is 11.6 Å². The first-order chi connectivity index (χ1) is 8.70. The Kier molecular flexibility index (Phi) is 5.19. The summed E-state index contributed by atoms with van der Waals surface area (Å²) in [5, 5.41) is 19.3. The van der Waals surface area contributed by atoms with Crippen LogP contribution >= 0.6 is 0 Å². The van der Waals surface area contributed by atoms with Crippen molar-refractivity contribution < 1.29 is 15.0 Å². The highest BCUT2D eigenvalue weighted by atomic mass is 16.4. The first kappa shape index (κ1) is 16.2. The molecule has 0 saturated carbocycles. The molecule has 0 aromatic heterocycles. The summed E-state index contributed by atoms with van der Waals surface area (Å²) in [7, 11) is 0. The van der Waals surface area contributed by atoms with Gasteiger partial charge in [-0.3, -0.25) is 4.79 Å². The van der Waals surface area contributed by atoms with Crippen LogP contribution in [0.5, 0.6) is 0 Å². The van der Waals surface area contributed by atoms with E-state index >= 15 is 0 Å². The van der Waals surface area contributed by atoms with Gasteiger partial charge in [-0.2, -0.15) is 0 Å². The van der Waals surface area contributed by atoms with Crippen molar-refractivity contribution in [3.05, 3.63) is 11.6 Å². The summed E-state index contributed by atoms with van der Waals surface area (Å²) in [5.74, 6) is -0.465. The molecule has 1 rings (SSSR count). The molecular weight excluding hydrogens is 240 g/mol. The summed E-state index contributed by atoms with van der Waals surface area (Å²) >= 11 is 0. The molecule has 1 aliphatic rings. The Morgan fingerprint density at radius 2 is 2.16 bits per heavy atom. The zero-order chi connectivity index (χ0) is 14.7. The fourth-order valence-electron chi connectivity index (χ4n) is 3.31. The molecule has 2 unspecified atom stereocenters. The molecule has 3 nitrogen and oxygen atoms in total. The minimum Gasteiger partial charge on any atom is -0.481 e. The Morgan fingerprint density at radius 1 is 1.53 bits per heavy atom. The number of hydrogen-bond donors (Lipinski definition) is 2. The standard InChI is InChI=1S/C16H28O3/c1-5-16(19,11-14(17)18)10-8-13-12(2)7-6-9-15(13,3)4/h7,13,19H,5-6,8-11H2,1-4H3,(H,17,18). The molecule has 0 aromatic rings. The van der Waals surface area contributed by atoms with Crippen molar-refractivity contribution >= 4 is 5.97 Å². The molecule has 0 radical (unpaired) electrons. The number of allylic oxidation sites excluding steroid dienone is 2. The number of aliphatic carboxylic acids is 1. The van der Waals surface area contributed by atoms with E-state index in [1.807, 2.05) is 6.92 Å². The van der Waals surface area contributed by atoms with Crippen LogP contribution in [0, 0.1) is 11.3 Å². The fourth-order valence-corrected chi connectivity index (χ4v) is 3.31. The topological polar surface area (TPSA) is 57.5 Å². The molecule has 3 heteroatoms. The summed E-state index contributed by atoms with van der Waals surface area (Å²) in [4.78, 5) is 10.8. The van der Waals surface area contributed by atoms with Crippen LogP contribution in [-0.4, -0.2) is 21.8 Å². The van der Waals surface area contributed by atoms with Gasteiger partial charge in [-0.05, 0) is 50.4 Å². The maximum atomic E-state index is 10.8. The van der Waals surface area contributed by atoms with Crippen molar-refractivity contribution in [2.45, 2.75) is 71.8 Å². The van der Waals surface area contributed by atoms with E-state index in [9.17, 15) is 9.90 Å². The van der Waals surface area contributed by atoms with Gasteiger partial charge in [0.2, 0.25) is 0 Å². The van der Waals surface area contributed by atoms with E-state index in [0.717, 1.165) is 12.8 Å². The third kappa shape index (κ3) is 4.34. The Balaban J connectivity index is 2.70. The Bertz CT molecular complexity index is 357. The highest BCUT2D eigenvalue weighted by Gasteiger charge is 2.35. The quantitative estimate of drug-likeness (QED) is 0.721. The van der Waals surface area contributed by atoms with Gasteiger partial charge in [-0.15, -0.1) is 0 Å². The first-order valence-corrected chi connectivity index (χ1v) is 7.31. The molecule has 19 heavy (non-hydrogen) atoms. The second-order valence-electron chi connectivity index (χ2n) is 6.72. The number of hydrogen-bond acceptors (Lipinski definition) is 2. The van der Waals surface area contributed by atoms with Crippen LogP contribution in [0.25, 0.3) is 0 Å². The lowest BCUT2D eigenvalue weighted by molar-refractivity contribution is -0.143. The summed E-state index contributed by atoms with van der Waals surface area (Å²) < 4.78 is 0. The minimum absolute atomic E-state index is 0.153. The predicted octanol–water partition coefficient (Wildman–Crippen LogP) is 3.76. The van der Waals surface area contributed by atoms with Gasteiger partial charge in [0.25, 0.3) is 0 Å². The molecule has 0 aromatic carbocycles. The van der Waals surface area contributed by atoms with Crippen molar-refractivity contribution in [2.75, 3.05) is 0 Å². The van der Waals surface area contributed by atoms with Gasteiger partial charge in [-0.25, -0.2) is 0 Å². The largest absolute Gasteiger partial charge is 0.481 e. The zero-order valence-electron chi connectivity index (χ0n) is 12.7. The highest BCUT2D eigenvalue weighted by Crippen LogP contribution is 2.44. The van der Waals surface area contributed by atoms with Crippen molar-refractivity contribution in [1.82, 2.24) is 0 Å². The molecule has 0 aliphatic heterocycles. The SMILES string of the molecule is CCC(O)(CCC1C(C)=CCCC1(C)C)CC(=O)O. The molecule has 0 heterocycles. The highest BCUT2D eigenvalue weighted by molar-refractivity contribution is 5.68. The molecule has 0 fully saturated rings.